The highest BCUT2D eigenvalue weighted by molar-refractivity contribution is 7.99. The molecule has 0 saturated carbocycles. The number of benzene rings is 2. The number of thioether (sulfide) groups is 1. The van der Waals surface area contributed by atoms with Crippen molar-refractivity contribution in [2.45, 2.75) is 24.5 Å². The smallest absolute Gasteiger partial charge is 0.313 e. The van der Waals surface area contributed by atoms with Crippen LogP contribution >= 0.6 is 11.8 Å². The maximum absolute atomic E-state index is 11.0. The molecule has 3 aromatic rings. The van der Waals surface area contributed by atoms with Gasteiger partial charge in [0.25, 0.3) is 0 Å². The van der Waals surface area contributed by atoms with E-state index in [1.54, 1.807) is 12.1 Å². The van der Waals surface area contributed by atoms with Crippen LogP contribution in [0, 0.1) is 0 Å². The van der Waals surface area contributed by atoms with Crippen molar-refractivity contribution in [3.05, 3.63) is 71.5 Å². The zero-order chi connectivity index (χ0) is 18.5. The van der Waals surface area contributed by atoms with Crippen molar-refractivity contribution < 1.29 is 15.0 Å². The first kappa shape index (κ1) is 18.0. The number of nitrogens with zero attached hydrogens (tertiary/aromatic N) is 3. The molecular formula is C19H19N3O3S. The minimum Gasteiger partial charge on any atom is -0.508 e. The molecule has 0 fully saturated rings. The zero-order valence-electron chi connectivity index (χ0n) is 14.2. The van der Waals surface area contributed by atoms with Gasteiger partial charge in [0, 0.05) is 6.42 Å². The number of rotatable bonds is 7. The molecule has 0 radical (unpaired) electrons. The molecule has 134 valence electrons. The van der Waals surface area contributed by atoms with Gasteiger partial charge in [-0.25, -0.2) is 0 Å². The van der Waals surface area contributed by atoms with E-state index in [2.05, 4.69) is 10.2 Å². The van der Waals surface area contributed by atoms with Gasteiger partial charge in [-0.3, -0.25) is 9.36 Å². The fraction of sp³-hybridized carbons (Fsp3) is 0.211. The Morgan fingerprint density at radius 2 is 1.81 bits per heavy atom. The molecule has 7 heteroatoms. The lowest BCUT2D eigenvalue weighted by molar-refractivity contribution is -0.133. The third kappa shape index (κ3) is 4.23. The number of hydrogen-bond acceptors (Lipinski definition) is 5. The number of aliphatic carboxylic acids is 1. The Morgan fingerprint density at radius 1 is 1.12 bits per heavy atom. The van der Waals surface area contributed by atoms with Gasteiger partial charge >= 0.3 is 5.97 Å². The Bertz CT molecular complexity index is 879. The first-order valence-corrected chi connectivity index (χ1v) is 9.14. The minimum atomic E-state index is -0.892. The molecule has 26 heavy (non-hydrogen) atoms. The van der Waals surface area contributed by atoms with Gasteiger partial charge < -0.3 is 10.2 Å². The van der Waals surface area contributed by atoms with Crippen molar-refractivity contribution >= 4 is 17.7 Å². The molecule has 0 unspecified atom stereocenters. The topological polar surface area (TPSA) is 88.2 Å². The highest BCUT2D eigenvalue weighted by atomic mass is 32.2. The molecule has 0 saturated heterocycles. The summed E-state index contributed by atoms with van der Waals surface area (Å²) in [6, 6.07) is 16.9. The molecule has 0 aliphatic carbocycles. The number of carbonyl (C=O) groups is 1. The molecule has 0 spiro atoms. The number of phenols is 1. The van der Waals surface area contributed by atoms with Crippen LogP contribution in [-0.2, 0) is 11.2 Å². The quantitative estimate of drug-likeness (QED) is 0.621. The van der Waals surface area contributed by atoms with E-state index in [0.29, 0.717) is 11.6 Å². The largest absolute Gasteiger partial charge is 0.508 e. The second kappa shape index (κ2) is 8.05. The summed E-state index contributed by atoms with van der Waals surface area (Å²) in [6.45, 7) is 2.05. The Hall–Kier alpha value is -2.80. The van der Waals surface area contributed by atoms with Crippen molar-refractivity contribution in [3.8, 4) is 5.75 Å². The molecule has 0 aliphatic rings. The lowest BCUT2D eigenvalue weighted by Crippen LogP contribution is -2.13. The fourth-order valence-corrected chi connectivity index (χ4v) is 3.47. The van der Waals surface area contributed by atoms with Crippen molar-refractivity contribution in [3.63, 3.8) is 0 Å². The number of phenolic OH excluding ortho intramolecular Hbond substituents is 1. The SMILES string of the molecule is C[C@H](c1ccccc1)n1c(Cc2ccc(O)cc2)nnc1SCC(=O)O. The van der Waals surface area contributed by atoms with E-state index in [9.17, 15) is 9.90 Å². The van der Waals surface area contributed by atoms with E-state index in [0.717, 1.165) is 28.7 Å². The number of carboxylic acid groups (broad SMARTS) is 1. The first-order valence-electron chi connectivity index (χ1n) is 8.16. The van der Waals surface area contributed by atoms with Crippen LogP contribution in [0.3, 0.4) is 0 Å². The van der Waals surface area contributed by atoms with Crippen LogP contribution in [0.25, 0.3) is 0 Å². The second-order valence-corrected chi connectivity index (χ2v) is 6.82. The van der Waals surface area contributed by atoms with Crippen LogP contribution in [-0.4, -0.2) is 36.7 Å². The molecule has 0 amide bonds. The molecule has 2 aromatic carbocycles. The maximum atomic E-state index is 11.0. The predicted octanol–water partition coefficient (Wildman–Crippen LogP) is 3.36. The van der Waals surface area contributed by atoms with Gasteiger partial charge in [0.2, 0.25) is 0 Å². The summed E-state index contributed by atoms with van der Waals surface area (Å²) >= 11 is 1.16. The Kier molecular flexibility index (Phi) is 5.58. The van der Waals surface area contributed by atoms with Crippen LogP contribution in [0.5, 0.6) is 5.75 Å². The maximum Gasteiger partial charge on any atom is 0.313 e. The average molecular weight is 369 g/mol. The summed E-state index contributed by atoms with van der Waals surface area (Å²) in [5, 5.41) is 27.5. The van der Waals surface area contributed by atoms with E-state index >= 15 is 0 Å². The molecule has 1 aromatic heterocycles. The van der Waals surface area contributed by atoms with Crippen LogP contribution in [0.1, 0.15) is 29.9 Å². The minimum absolute atomic E-state index is 0.0328. The monoisotopic (exact) mass is 369 g/mol. The number of aromatic hydroxyl groups is 1. The van der Waals surface area contributed by atoms with Crippen LogP contribution < -0.4 is 0 Å². The van der Waals surface area contributed by atoms with Gasteiger partial charge in [-0.15, -0.1) is 10.2 Å². The number of aromatic nitrogens is 3. The van der Waals surface area contributed by atoms with Gasteiger partial charge in [0.1, 0.15) is 11.6 Å². The molecular weight excluding hydrogens is 350 g/mol. The highest BCUT2D eigenvalue weighted by Gasteiger charge is 2.20. The standard InChI is InChI=1S/C19H19N3O3S/c1-13(15-5-3-2-4-6-15)22-17(11-14-7-9-16(23)10-8-14)20-21-19(22)26-12-18(24)25/h2-10,13,23H,11-12H2,1H3,(H,24,25)/t13-/m1/s1. The Labute approximate surface area is 155 Å². The van der Waals surface area contributed by atoms with Crippen molar-refractivity contribution in [1.82, 2.24) is 14.8 Å². The Morgan fingerprint density at radius 3 is 2.46 bits per heavy atom. The molecule has 3 rings (SSSR count). The van der Waals surface area contributed by atoms with Crippen LogP contribution in [0.2, 0.25) is 0 Å². The number of hydrogen-bond donors (Lipinski definition) is 2. The van der Waals surface area contributed by atoms with Gasteiger partial charge in [-0.2, -0.15) is 0 Å². The molecule has 0 bridgehead atoms. The summed E-state index contributed by atoms with van der Waals surface area (Å²) in [6.07, 6.45) is 0.540. The van der Waals surface area contributed by atoms with Crippen molar-refractivity contribution in [2.24, 2.45) is 0 Å². The zero-order valence-corrected chi connectivity index (χ0v) is 15.1. The predicted molar refractivity (Wildman–Crippen MR) is 99.5 cm³/mol. The number of carboxylic acids is 1. The molecule has 2 N–H and O–H groups in total. The van der Waals surface area contributed by atoms with Gasteiger partial charge in [-0.1, -0.05) is 54.2 Å². The average Bonchev–Trinajstić information content (AvgIpc) is 3.04. The summed E-state index contributed by atoms with van der Waals surface area (Å²) in [5.74, 6) is 0.00118. The van der Waals surface area contributed by atoms with E-state index in [1.807, 2.05) is 54.0 Å². The summed E-state index contributed by atoms with van der Waals surface area (Å²) in [4.78, 5) is 11.0. The third-order valence-electron chi connectivity index (χ3n) is 4.03. The van der Waals surface area contributed by atoms with E-state index in [1.165, 1.54) is 0 Å². The summed E-state index contributed by atoms with van der Waals surface area (Å²) < 4.78 is 1.98. The molecule has 1 heterocycles. The molecule has 6 nitrogen and oxygen atoms in total. The lowest BCUT2D eigenvalue weighted by atomic mass is 10.1. The van der Waals surface area contributed by atoms with E-state index in [4.69, 9.17) is 5.11 Å². The van der Waals surface area contributed by atoms with E-state index in [-0.39, 0.29) is 17.5 Å². The second-order valence-electron chi connectivity index (χ2n) is 5.88. The van der Waals surface area contributed by atoms with E-state index < -0.39 is 5.97 Å². The lowest BCUT2D eigenvalue weighted by Gasteiger charge is -2.18. The first-order chi connectivity index (χ1) is 12.5. The highest BCUT2D eigenvalue weighted by Crippen LogP contribution is 2.27. The van der Waals surface area contributed by atoms with Crippen LogP contribution in [0.15, 0.2) is 59.8 Å². The van der Waals surface area contributed by atoms with Crippen LogP contribution in [0.4, 0.5) is 0 Å². The Balaban J connectivity index is 1.95. The fourth-order valence-electron chi connectivity index (χ4n) is 2.72. The summed E-state index contributed by atoms with van der Waals surface area (Å²) in [7, 11) is 0. The van der Waals surface area contributed by atoms with Crippen molar-refractivity contribution in [1.29, 1.82) is 0 Å². The van der Waals surface area contributed by atoms with Gasteiger partial charge in [-0.05, 0) is 30.2 Å². The van der Waals surface area contributed by atoms with Gasteiger partial charge in [0.15, 0.2) is 5.16 Å². The molecule has 0 aliphatic heterocycles. The normalized spacial score (nSPS) is 12.0. The molecule has 1 atom stereocenters. The van der Waals surface area contributed by atoms with Gasteiger partial charge in [0.05, 0.1) is 11.8 Å². The van der Waals surface area contributed by atoms with Crippen molar-refractivity contribution in [2.75, 3.05) is 5.75 Å². The third-order valence-corrected chi connectivity index (χ3v) is 4.96. The summed E-state index contributed by atoms with van der Waals surface area (Å²) in [5.41, 5.74) is 2.09.